The number of piperidine rings is 1. The minimum absolute atomic E-state index is 0.0467. The van der Waals surface area contributed by atoms with E-state index in [9.17, 15) is 24.3 Å². The van der Waals surface area contributed by atoms with Crippen molar-refractivity contribution in [2.75, 3.05) is 19.6 Å². The number of ketones is 2. The van der Waals surface area contributed by atoms with Gasteiger partial charge in [0.05, 0.1) is 5.92 Å². The fourth-order valence-corrected chi connectivity index (χ4v) is 14.3. The zero-order valence-corrected chi connectivity index (χ0v) is 33.1. The molecule has 0 bridgehead atoms. The van der Waals surface area contributed by atoms with Gasteiger partial charge >= 0.3 is 5.97 Å². The van der Waals surface area contributed by atoms with E-state index in [1.165, 1.54) is 76.5 Å². The first-order valence-corrected chi connectivity index (χ1v) is 21.0. The van der Waals surface area contributed by atoms with Gasteiger partial charge in [0.2, 0.25) is 6.41 Å². The number of rotatable bonds is 9. The molecule has 6 aliphatic carbocycles. The third-order valence-corrected chi connectivity index (χ3v) is 17.0. The van der Waals surface area contributed by atoms with Gasteiger partial charge in [0.15, 0.2) is 5.78 Å². The lowest BCUT2D eigenvalue weighted by molar-refractivity contribution is -0.193. The quantitative estimate of drug-likeness (QED) is 0.164. The van der Waals surface area contributed by atoms with Crippen LogP contribution in [-0.4, -0.2) is 48.7 Å². The molecule has 7 rings (SSSR count). The molecule has 7 nitrogen and oxygen atoms in total. The maximum absolute atomic E-state index is 13.6. The molecule has 11 atom stereocenters. The molecule has 1 amide bonds. The SMILES string of the molecule is C1CCNCC1.CC(C)C1=C2C3CCC4C(C)(CCC5C(C)(C)C(CC(=O)C6CC(C(=O)O)C6C)CCC54C)C3CCC2(CCNC=O)CC1=O. The number of carboxylic acid groups (broad SMARTS) is 1. The molecule has 7 heteroatoms. The fourth-order valence-electron chi connectivity index (χ4n) is 14.3. The van der Waals surface area contributed by atoms with Gasteiger partial charge in [0.1, 0.15) is 5.78 Å². The van der Waals surface area contributed by atoms with Gasteiger partial charge in [-0.25, -0.2) is 0 Å². The molecule has 51 heavy (non-hydrogen) atoms. The second-order valence-electron chi connectivity index (χ2n) is 19.9. The van der Waals surface area contributed by atoms with Crippen molar-refractivity contribution in [2.45, 2.75) is 145 Å². The number of fused-ring (bicyclic) bond motifs is 7. The van der Waals surface area contributed by atoms with Crippen molar-refractivity contribution in [3.05, 3.63) is 11.1 Å². The number of Topliss-reactive ketones (excluding diaryl/α,β-unsaturated/α-hetero) is 2. The molecule has 1 heterocycles. The summed E-state index contributed by atoms with van der Waals surface area (Å²) >= 11 is 0. The van der Waals surface area contributed by atoms with Crippen molar-refractivity contribution in [2.24, 2.45) is 74.9 Å². The van der Waals surface area contributed by atoms with Crippen molar-refractivity contribution in [3.8, 4) is 0 Å². The number of carboxylic acids is 1. The first kappa shape index (κ1) is 38.7. The summed E-state index contributed by atoms with van der Waals surface area (Å²) in [7, 11) is 0. The highest BCUT2D eigenvalue weighted by atomic mass is 16.4. The van der Waals surface area contributed by atoms with Gasteiger partial charge in [-0.2, -0.15) is 0 Å². The van der Waals surface area contributed by atoms with Crippen LogP contribution in [0, 0.1) is 74.9 Å². The van der Waals surface area contributed by atoms with E-state index in [0.29, 0.717) is 67.0 Å². The Morgan fingerprint density at radius 2 is 1.63 bits per heavy atom. The highest BCUT2D eigenvalue weighted by molar-refractivity contribution is 6.00. The summed E-state index contributed by atoms with van der Waals surface area (Å²) in [5.41, 5.74) is 3.10. The average Bonchev–Trinajstić information content (AvgIpc) is 3.38. The molecule has 0 radical (unpaired) electrons. The van der Waals surface area contributed by atoms with Crippen molar-refractivity contribution < 1.29 is 24.3 Å². The number of amides is 1. The molecule has 11 unspecified atom stereocenters. The van der Waals surface area contributed by atoms with Gasteiger partial charge in [-0.1, -0.05) is 60.5 Å². The van der Waals surface area contributed by atoms with Gasteiger partial charge in [-0.15, -0.1) is 0 Å². The van der Waals surface area contributed by atoms with Crippen LogP contribution >= 0.6 is 0 Å². The molecule has 6 fully saturated rings. The van der Waals surface area contributed by atoms with Crippen molar-refractivity contribution >= 4 is 23.9 Å². The minimum atomic E-state index is -0.755. The minimum Gasteiger partial charge on any atom is -0.481 e. The summed E-state index contributed by atoms with van der Waals surface area (Å²) in [6.45, 7) is 19.6. The average molecular weight is 707 g/mol. The van der Waals surface area contributed by atoms with Crippen molar-refractivity contribution in [1.29, 1.82) is 0 Å². The number of aliphatic carboxylic acids is 1. The van der Waals surface area contributed by atoms with Crippen LogP contribution in [0.4, 0.5) is 0 Å². The Morgan fingerprint density at radius 1 is 0.922 bits per heavy atom. The van der Waals surface area contributed by atoms with Crippen LogP contribution in [0.2, 0.25) is 0 Å². The van der Waals surface area contributed by atoms with Gasteiger partial charge in [-0.05, 0) is 153 Å². The van der Waals surface area contributed by atoms with E-state index >= 15 is 0 Å². The lowest BCUT2D eigenvalue weighted by atomic mass is 9.35. The summed E-state index contributed by atoms with van der Waals surface area (Å²) < 4.78 is 0. The highest BCUT2D eigenvalue weighted by Crippen LogP contribution is 2.73. The van der Waals surface area contributed by atoms with Crippen LogP contribution in [0.25, 0.3) is 0 Å². The van der Waals surface area contributed by atoms with Crippen LogP contribution in [0.15, 0.2) is 11.1 Å². The largest absolute Gasteiger partial charge is 0.481 e. The van der Waals surface area contributed by atoms with E-state index in [1.807, 2.05) is 6.92 Å². The van der Waals surface area contributed by atoms with Crippen LogP contribution < -0.4 is 10.6 Å². The van der Waals surface area contributed by atoms with E-state index in [-0.39, 0.29) is 45.3 Å². The summed E-state index contributed by atoms with van der Waals surface area (Å²) in [6.07, 6.45) is 16.9. The number of hydrogen-bond donors (Lipinski definition) is 3. The first-order valence-electron chi connectivity index (χ1n) is 21.0. The lowest BCUT2D eigenvalue weighted by Gasteiger charge is -2.69. The molecule has 0 aromatic heterocycles. The molecule has 0 aromatic rings. The Kier molecular flexibility index (Phi) is 11.1. The Morgan fingerprint density at radius 3 is 2.22 bits per heavy atom. The Labute approximate surface area is 308 Å². The second-order valence-corrected chi connectivity index (χ2v) is 19.9. The number of allylic oxidation sites excluding steroid dienone is 2. The van der Waals surface area contributed by atoms with Crippen LogP contribution in [0.3, 0.4) is 0 Å². The van der Waals surface area contributed by atoms with Gasteiger partial charge in [-0.3, -0.25) is 19.2 Å². The summed E-state index contributed by atoms with van der Waals surface area (Å²) in [5.74, 6) is 2.31. The van der Waals surface area contributed by atoms with Gasteiger partial charge in [0.25, 0.3) is 0 Å². The lowest BCUT2D eigenvalue weighted by Crippen LogP contribution is -2.62. The normalized spacial score (nSPS) is 42.6. The molecular formula is C44H70N2O5. The fraction of sp³-hybridized carbons (Fsp3) is 0.864. The van der Waals surface area contributed by atoms with Gasteiger partial charge < -0.3 is 15.7 Å². The second kappa shape index (κ2) is 14.7. The molecule has 0 spiro atoms. The maximum Gasteiger partial charge on any atom is 0.306 e. The predicted molar refractivity (Wildman–Crippen MR) is 202 cm³/mol. The number of carbonyl (C=O) groups is 4. The Hall–Kier alpha value is -2.02. The number of carbonyl (C=O) groups excluding carboxylic acids is 3. The molecule has 0 aromatic carbocycles. The van der Waals surface area contributed by atoms with Crippen molar-refractivity contribution in [1.82, 2.24) is 10.6 Å². The molecule has 5 saturated carbocycles. The number of hydrogen-bond acceptors (Lipinski definition) is 5. The van der Waals surface area contributed by atoms with E-state index in [4.69, 9.17) is 0 Å². The van der Waals surface area contributed by atoms with E-state index < -0.39 is 5.97 Å². The molecular weight excluding hydrogens is 636 g/mol. The van der Waals surface area contributed by atoms with Gasteiger partial charge in [0, 0.05) is 30.7 Å². The van der Waals surface area contributed by atoms with Crippen LogP contribution in [0.1, 0.15) is 145 Å². The Balaban J connectivity index is 0.000000677. The molecule has 1 aliphatic heterocycles. The highest BCUT2D eigenvalue weighted by Gasteiger charge is 2.66. The van der Waals surface area contributed by atoms with E-state index in [2.05, 4.69) is 52.2 Å². The summed E-state index contributed by atoms with van der Waals surface area (Å²) in [6, 6.07) is 0. The standard InChI is InChI=1S/C39H59NO5.C5H11N/c1-22(2)33-30(43)20-39(16-17-40-21-41)15-11-28-25(34(33)39)8-9-32-37(28,6)14-12-31-36(4,5)24(10-13-38(31,32)7)18-29(42)26-19-27(23(26)3)35(44)45;1-2-4-6-5-3-1/h21-28,31-32H,8-20H2,1-7H3,(H,40,41)(H,44,45);6H,1-5H2. The zero-order chi connectivity index (χ0) is 36.9. The molecule has 7 aliphatic rings. The summed E-state index contributed by atoms with van der Waals surface area (Å²) in [4.78, 5) is 49.7. The predicted octanol–water partition coefficient (Wildman–Crippen LogP) is 8.41. The van der Waals surface area contributed by atoms with Crippen LogP contribution in [-0.2, 0) is 19.2 Å². The molecule has 286 valence electrons. The first-order chi connectivity index (χ1) is 24.1. The zero-order valence-electron chi connectivity index (χ0n) is 33.1. The third-order valence-electron chi connectivity index (χ3n) is 17.0. The van der Waals surface area contributed by atoms with E-state index in [1.54, 1.807) is 0 Å². The van der Waals surface area contributed by atoms with E-state index in [0.717, 1.165) is 31.2 Å². The summed E-state index contributed by atoms with van der Waals surface area (Å²) in [5, 5.41) is 15.7. The third kappa shape index (κ3) is 6.60. The van der Waals surface area contributed by atoms with Crippen molar-refractivity contribution in [3.63, 3.8) is 0 Å². The van der Waals surface area contributed by atoms with Crippen LogP contribution in [0.5, 0.6) is 0 Å². The maximum atomic E-state index is 13.6. The number of nitrogens with one attached hydrogen (secondary N) is 2. The Bertz CT molecular complexity index is 1370. The topological polar surface area (TPSA) is 113 Å². The molecule has 1 saturated heterocycles. The smallest absolute Gasteiger partial charge is 0.306 e. The molecule has 3 N–H and O–H groups in total. The monoisotopic (exact) mass is 707 g/mol.